The summed E-state index contributed by atoms with van der Waals surface area (Å²) in [5.74, 6) is -0.980. The molecule has 16 heavy (non-hydrogen) atoms. The number of likely N-dealkylation sites (N-methyl/N-ethyl adjacent to an activating group) is 1. The molecule has 0 aliphatic rings. The van der Waals surface area contributed by atoms with E-state index < -0.39 is 5.97 Å². The molecule has 92 valence electrons. The van der Waals surface area contributed by atoms with Crippen molar-refractivity contribution >= 4 is 11.9 Å². The first kappa shape index (κ1) is 14.7. The van der Waals surface area contributed by atoms with E-state index in [4.69, 9.17) is 5.11 Å². The first-order chi connectivity index (χ1) is 7.36. The van der Waals surface area contributed by atoms with Crippen LogP contribution in [0.4, 0.5) is 0 Å². The summed E-state index contributed by atoms with van der Waals surface area (Å²) in [6.07, 6.45) is 0.323. The molecule has 0 aromatic carbocycles. The van der Waals surface area contributed by atoms with E-state index in [2.05, 4.69) is 6.58 Å². The maximum absolute atomic E-state index is 11.8. The highest BCUT2D eigenvalue weighted by Crippen LogP contribution is 2.10. The van der Waals surface area contributed by atoms with Crippen LogP contribution in [0.2, 0.25) is 0 Å². The maximum Gasteiger partial charge on any atom is 0.303 e. The van der Waals surface area contributed by atoms with Crippen LogP contribution < -0.4 is 0 Å². The summed E-state index contributed by atoms with van der Waals surface area (Å²) < 4.78 is 0. The minimum absolute atomic E-state index is 0.000694. The Morgan fingerprint density at radius 3 is 2.31 bits per heavy atom. The minimum atomic E-state index is -0.858. The topological polar surface area (TPSA) is 57.6 Å². The zero-order chi connectivity index (χ0) is 12.7. The molecule has 0 spiro atoms. The van der Waals surface area contributed by atoms with Crippen molar-refractivity contribution in [2.45, 2.75) is 33.6 Å². The molecule has 1 amide bonds. The van der Waals surface area contributed by atoms with Gasteiger partial charge in [0.1, 0.15) is 0 Å². The average molecular weight is 227 g/mol. The van der Waals surface area contributed by atoms with Gasteiger partial charge < -0.3 is 10.0 Å². The Bertz CT molecular complexity index is 273. The van der Waals surface area contributed by atoms with E-state index >= 15 is 0 Å². The van der Waals surface area contributed by atoms with Crippen LogP contribution in [-0.2, 0) is 9.59 Å². The summed E-state index contributed by atoms with van der Waals surface area (Å²) in [7, 11) is 0. The monoisotopic (exact) mass is 227 g/mol. The minimum Gasteiger partial charge on any atom is -0.481 e. The Morgan fingerprint density at radius 2 is 1.94 bits per heavy atom. The van der Waals surface area contributed by atoms with Crippen LogP contribution in [0, 0.1) is 5.92 Å². The van der Waals surface area contributed by atoms with Gasteiger partial charge in [-0.3, -0.25) is 9.59 Å². The van der Waals surface area contributed by atoms with Crippen molar-refractivity contribution in [2.75, 3.05) is 13.1 Å². The molecule has 0 radical (unpaired) electrons. The van der Waals surface area contributed by atoms with Gasteiger partial charge in [0, 0.05) is 25.9 Å². The molecule has 4 heteroatoms. The van der Waals surface area contributed by atoms with Gasteiger partial charge in [0.05, 0.1) is 0 Å². The highest BCUT2D eigenvalue weighted by atomic mass is 16.4. The molecule has 0 heterocycles. The summed E-state index contributed by atoms with van der Waals surface area (Å²) in [5, 5.41) is 8.60. The Balaban J connectivity index is 4.20. The van der Waals surface area contributed by atoms with Crippen molar-refractivity contribution in [1.29, 1.82) is 0 Å². The molecule has 1 N–H and O–H groups in total. The summed E-state index contributed by atoms with van der Waals surface area (Å²) in [6, 6.07) is 0. The second-order valence-corrected chi connectivity index (χ2v) is 4.27. The smallest absolute Gasteiger partial charge is 0.303 e. The lowest BCUT2D eigenvalue weighted by Gasteiger charge is -2.22. The standard InChI is InChI=1S/C12H21NO3/c1-5-13(8-9(2)3)11(14)6-10(4)7-12(15)16/h10H,2,5-8H2,1,3-4H3,(H,15,16). The molecule has 0 aromatic rings. The zero-order valence-electron chi connectivity index (χ0n) is 10.3. The number of carboxylic acid groups (broad SMARTS) is 1. The molecule has 0 saturated heterocycles. The molecule has 4 nitrogen and oxygen atoms in total. The second-order valence-electron chi connectivity index (χ2n) is 4.27. The Kier molecular flexibility index (Phi) is 6.46. The number of rotatable bonds is 7. The lowest BCUT2D eigenvalue weighted by atomic mass is 10.0. The lowest BCUT2D eigenvalue weighted by Crippen LogP contribution is -2.33. The van der Waals surface area contributed by atoms with Crippen molar-refractivity contribution in [3.8, 4) is 0 Å². The van der Waals surface area contributed by atoms with Crippen molar-refractivity contribution < 1.29 is 14.7 Å². The lowest BCUT2D eigenvalue weighted by molar-refractivity contribution is -0.138. The van der Waals surface area contributed by atoms with Crippen LogP contribution in [0.25, 0.3) is 0 Å². The summed E-state index contributed by atoms with van der Waals surface area (Å²) in [4.78, 5) is 24.0. The first-order valence-electron chi connectivity index (χ1n) is 5.50. The predicted octanol–water partition coefficient (Wildman–Crippen LogP) is 1.91. The number of carbonyl (C=O) groups is 2. The fourth-order valence-electron chi connectivity index (χ4n) is 1.50. The van der Waals surface area contributed by atoms with E-state index in [0.717, 1.165) is 5.57 Å². The quantitative estimate of drug-likeness (QED) is 0.676. The van der Waals surface area contributed by atoms with Crippen molar-refractivity contribution in [3.05, 3.63) is 12.2 Å². The highest BCUT2D eigenvalue weighted by molar-refractivity contribution is 5.77. The van der Waals surface area contributed by atoms with E-state index in [9.17, 15) is 9.59 Å². The van der Waals surface area contributed by atoms with E-state index in [-0.39, 0.29) is 24.7 Å². The van der Waals surface area contributed by atoms with Gasteiger partial charge in [0.2, 0.25) is 5.91 Å². The van der Waals surface area contributed by atoms with Crippen LogP contribution in [0.1, 0.15) is 33.6 Å². The number of hydrogen-bond donors (Lipinski definition) is 1. The van der Waals surface area contributed by atoms with E-state index in [1.807, 2.05) is 13.8 Å². The molecular formula is C12H21NO3. The van der Waals surface area contributed by atoms with Gasteiger partial charge in [-0.15, -0.1) is 0 Å². The molecular weight excluding hydrogens is 206 g/mol. The van der Waals surface area contributed by atoms with E-state index in [0.29, 0.717) is 13.1 Å². The second kappa shape index (κ2) is 7.04. The molecule has 0 bridgehead atoms. The number of carboxylic acids is 1. The Morgan fingerprint density at radius 1 is 1.38 bits per heavy atom. The largest absolute Gasteiger partial charge is 0.481 e. The van der Waals surface area contributed by atoms with Gasteiger partial charge in [-0.05, 0) is 19.8 Å². The van der Waals surface area contributed by atoms with E-state index in [1.165, 1.54) is 0 Å². The van der Waals surface area contributed by atoms with Gasteiger partial charge in [-0.2, -0.15) is 0 Å². The maximum atomic E-state index is 11.8. The molecule has 0 fully saturated rings. The number of hydrogen-bond acceptors (Lipinski definition) is 2. The van der Waals surface area contributed by atoms with Crippen LogP contribution >= 0.6 is 0 Å². The first-order valence-corrected chi connectivity index (χ1v) is 5.50. The van der Waals surface area contributed by atoms with Crippen molar-refractivity contribution in [3.63, 3.8) is 0 Å². The summed E-state index contributed by atoms with van der Waals surface area (Å²) in [6.45, 7) is 10.5. The summed E-state index contributed by atoms with van der Waals surface area (Å²) in [5.41, 5.74) is 0.932. The SMILES string of the molecule is C=C(C)CN(CC)C(=O)CC(C)CC(=O)O. The Hall–Kier alpha value is -1.32. The number of amides is 1. The van der Waals surface area contributed by atoms with Gasteiger partial charge in [0.15, 0.2) is 0 Å². The molecule has 0 rings (SSSR count). The third-order valence-electron chi connectivity index (χ3n) is 2.24. The average Bonchev–Trinajstić information content (AvgIpc) is 2.11. The molecule has 0 aliphatic carbocycles. The molecule has 1 unspecified atom stereocenters. The van der Waals surface area contributed by atoms with Crippen LogP contribution in [0.3, 0.4) is 0 Å². The molecule has 1 atom stereocenters. The van der Waals surface area contributed by atoms with Crippen LogP contribution in [0.15, 0.2) is 12.2 Å². The fraction of sp³-hybridized carbons (Fsp3) is 0.667. The van der Waals surface area contributed by atoms with Crippen LogP contribution in [-0.4, -0.2) is 35.0 Å². The normalized spacial score (nSPS) is 11.9. The molecule has 0 saturated carbocycles. The number of carbonyl (C=O) groups excluding carboxylic acids is 1. The zero-order valence-corrected chi connectivity index (χ0v) is 10.3. The molecule has 0 aromatic heterocycles. The summed E-state index contributed by atoms with van der Waals surface area (Å²) >= 11 is 0. The van der Waals surface area contributed by atoms with Crippen LogP contribution in [0.5, 0.6) is 0 Å². The number of nitrogens with zero attached hydrogens (tertiary/aromatic N) is 1. The van der Waals surface area contributed by atoms with Gasteiger partial charge in [-0.25, -0.2) is 0 Å². The molecule has 0 aliphatic heterocycles. The fourth-order valence-corrected chi connectivity index (χ4v) is 1.50. The highest BCUT2D eigenvalue weighted by Gasteiger charge is 2.17. The van der Waals surface area contributed by atoms with Gasteiger partial charge >= 0.3 is 5.97 Å². The van der Waals surface area contributed by atoms with Crippen molar-refractivity contribution in [1.82, 2.24) is 4.90 Å². The third-order valence-corrected chi connectivity index (χ3v) is 2.24. The van der Waals surface area contributed by atoms with Crippen molar-refractivity contribution in [2.24, 2.45) is 5.92 Å². The van der Waals surface area contributed by atoms with Gasteiger partial charge in [0.25, 0.3) is 0 Å². The van der Waals surface area contributed by atoms with Gasteiger partial charge in [-0.1, -0.05) is 19.1 Å². The number of aliphatic carboxylic acids is 1. The van der Waals surface area contributed by atoms with E-state index in [1.54, 1.807) is 11.8 Å². The predicted molar refractivity (Wildman–Crippen MR) is 63.1 cm³/mol. The Labute approximate surface area is 96.9 Å². The third kappa shape index (κ3) is 6.22.